The number of esters is 1. The van der Waals surface area contributed by atoms with E-state index >= 15 is 0 Å². The molecule has 162 valence electrons. The molecule has 0 bridgehead atoms. The lowest BCUT2D eigenvalue weighted by Crippen LogP contribution is -2.49. The number of methoxy groups -OCH3 is 1. The topological polar surface area (TPSA) is 84.0 Å². The summed E-state index contributed by atoms with van der Waals surface area (Å²) >= 11 is 1.53. The molecule has 1 saturated heterocycles. The maximum atomic E-state index is 12.2. The van der Waals surface area contributed by atoms with Gasteiger partial charge in [0, 0.05) is 43.8 Å². The molecule has 0 aliphatic carbocycles. The van der Waals surface area contributed by atoms with E-state index in [9.17, 15) is 9.59 Å². The molecule has 0 spiro atoms. The summed E-state index contributed by atoms with van der Waals surface area (Å²) in [5, 5.41) is 6.08. The van der Waals surface area contributed by atoms with Gasteiger partial charge in [0.25, 0.3) is 0 Å². The minimum atomic E-state index is -0.474. The van der Waals surface area contributed by atoms with E-state index in [0.29, 0.717) is 18.7 Å². The summed E-state index contributed by atoms with van der Waals surface area (Å²) in [5.41, 5.74) is 1.88. The normalized spacial score (nSPS) is 15.0. The lowest BCUT2D eigenvalue weighted by Gasteiger charge is -2.35. The molecule has 1 fully saturated rings. The highest BCUT2D eigenvalue weighted by molar-refractivity contribution is 7.13. The second-order valence-electron chi connectivity index (χ2n) is 8.08. The number of rotatable bonds is 5. The van der Waals surface area contributed by atoms with Crippen LogP contribution >= 0.6 is 11.3 Å². The van der Waals surface area contributed by atoms with Crippen molar-refractivity contribution in [3.8, 4) is 0 Å². The van der Waals surface area contributed by atoms with Crippen molar-refractivity contribution in [2.45, 2.75) is 32.9 Å². The SMILES string of the molecule is COC(=O)c1ccc(Nc2nc(CN3CCN(C(=O)OC(C)(C)C)CC3)cs2)cc1. The van der Waals surface area contributed by atoms with Crippen LogP contribution in [0.3, 0.4) is 0 Å². The van der Waals surface area contributed by atoms with Gasteiger partial charge < -0.3 is 19.7 Å². The van der Waals surface area contributed by atoms with E-state index in [1.165, 1.54) is 18.4 Å². The van der Waals surface area contributed by atoms with Crippen molar-refractivity contribution in [2.24, 2.45) is 0 Å². The molecule has 0 atom stereocenters. The summed E-state index contributed by atoms with van der Waals surface area (Å²) in [4.78, 5) is 32.4. The van der Waals surface area contributed by atoms with Crippen LogP contribution in [-0.4, -0.2) is 65.7 Å². The van der Waals surface area contributed by atoms with Gasteiger partial charge in [0.15, 0.2) is 5.13 Å². The number of carbonyl (C=O) groups is 2. The van der Waals surface area contributed by atoms with E-state index in [1.54, 1.807) is 17.0 Å². The molecular weight excluding hydrogens is 404 g/mol. The third kappa shape index (κ3) is 6.17. The number of benzene rings is 1. The average Bonchev–Trinajstić information content (AvgIpc) is 3.14. The standard InChI is InChI=1S/C21H28N4O4S/c1-21(2,3)29-20(27)25-11-9-24(10-12-25)13-17-14-30-19(23-17)22-16-7-5-15(6-8-16)18(26)28-4/h5-8,14H,9-13H2,1-4H3,(H,22,23). The van der Waals surface area contributed by atoms with Crippen molar-refractivity contribution in [1.82, 2.24) is 14.8 Å². The third-order valence-electron chi connectivity index (χ3n) is 4.52. The number of ether oxygens (including phenoxy) is 2. The van der Waals surface area contributed by atoms with Gasteiger partial charge in [-0.25, -0.2) is 14.6 Å². The summed E-state index contributed by atoms with van der Waals surface area (Å²) in [5.74, 6) is -0.357. The Labute approximate surface area is 180 Å². The summed E-state index contributed by atoms with van der Waals surface area (Å²) in [7, 11) is 1.36. The second kappa shape index (κ2) is 9.44. The molecule has 0 unspecified atom stereocenters. The predicted octanol–water partition coefficient (Wildman–Crippen LogP) is 3.73. The van der Waals surface area contributed by atoms with Crippen molar-refractivity contribution in [3.05, 3.63) is 40.9 Å². The van der Waals surface area contributed by atoms with E-state index in [2.05, 4.69) is 15.2 Å². The molecule has 1 amide bonds. The summed E-state index contributed by atoms with van der Waals surface area (Å²) in [6, 6.07) is 7.08. The van der Waals surface area contributed by atoms with Crippen LogP contribution in [0.15, 0.2) is 29.6 Å². The number of hydrogen-bond donors (Lipinski definition) is 1. The summed E-state index contributed by atoms with van der Waals surface area (Å²) in [6.45, 7) is 9.24. The van der Waals surface area contributed by atoms with Gasteiger partial charge in [-0.1, -0.05) is 0 Å². The number of nitrogens with one attached hydrogen (secondary N) is 1. The fraction of sp³-hybridized carbons (Fsp3) is 0.476. The first-order valence-corrected chi connectivity index (χ1v) is 10.7. The quantitative estimate of drug-likeness (QED) is 0.721. The second-order valence-corrected chi connectivity index (χ2v) is 8.94. The number of piperazine rings is 1. The number of anilines is 2. The van der Waals surface area contributed by atoms with E-state index in [0.717, 1.165) is 36.1 Å². The minimum absolute atomic E-state index is 0.250. The average molecular weight is 433 g/mol. The van der Waals surface area contributed by atoms with Crippen molar-refractivity contribution in [3.63, 3.8) is 0 Å². The highest BCUT2D eigenvalue weighted by Gasteiger charge is 2.26. The van der Waals surface area contributed by atoms with Crippen LogP contribution in [0.4, 0.5) is 15.6 Å². The maximum absolute atomic E-state index is 12.2. The Hall–Kier alpha value is -2.65. The van der Waals surface area contributed by atoms with Gasteiger partial charge in [-0.2, -0.15) is 0 Å². The Bertz CT molecular complexity index is 868. The molecule has 9 heteroatoms. The van der Waals surface area contributed by atoms with Crippen LogP contribution in [0, 0.1) is 0 Å². The molecule has 0 saturated carbocycles. The monoisotopic (exact) mass is 432 g/mol. The van der Waals surface area contributed by atoms with Crippen LogP contribution < -0.4 is 5.32 Å². The molecule has 30 heavy (non-hydrogen) atoms. The number of amides is 1. The number of carbonyl (C=O) groups excluding carboxylic acids is 2. The number of hydrogen-bond acceptors (Lipinski definition) is 8. The van der Waals surface area contributed by atoms with Gasteiger partial charge in [-0.05, 0) is 45.0 Å². The Balaban J connectivity index is 1.48. The van der Waals surface area contributed by atoms with Crippen LogP contribution in [-0.2, 0) is 16.0 Å². The first-order chi connectivity index (χ1) is 14.2. The molecule has 1 N–H and O–H groups in total. The molecule has 1 aromatic heterocycles. The van der Waals surface area contributed by atoms with Crippen molar-refractivity contribution in [2.75, 3.05) is 38.6 Å². The van der Waals surface area contributed by atoms with Crippen LogP contribution in [0.25, 0.3) is 0 Å². The molecule has 0 radical (unpaired) electrons. The molecule has 2 heterocycles. The van der Waals surface area contributed by atoms with Crippen molar-refractivity contribution in [1.29, 1.82) is 0 Å². The maximum Gasteiger partial charge on any atom is 0.410 e. The van der Waals surface area contributed by atoms with Gasteiger partial charge in [-0.3, -0.25) is 4.90 Å². The van der Waals surface area contributed by atoms with E-state index < -0.39 is 5.60 Å². The van der Waals surface area contributed by atoms with E-state index in [4.69, 9.17) is 9.47 Å². The summed E-state index contributed by atoms with van der Waals surface area (Å²) < 4.78 is 10.1. The minimum Gasteiger partial charge on any atom is -0.465 e. The smallest absolute Gasteiger partial charge is 0.410 e. The Morgan fingerprint density at radius 2 is 1.80 bits per heavy atom. The van der Waals surface area contributed by atoms with Gasteiger partial charge in [0.05, 0.1) is 18.4 Å². The van der Waals surface area contributed by atoms with Crippen LogP contribution in [0.5, 0.6) is 0 Å². The molecule has 1 aromatic carbocycles. The van der Waals surface area contributed by atoms with Gasteiger partial charge in [-0.15, -0.1) is 11.3 Å². The van der Waals surface area contributed by atoms with E-state index in [1.807, 2.05) is 38.3 Å². The Kier molecular flexibility index (Phi) is 6.94. The lowest BCUT2D eigenvalue weighted by atomic mass is 10.2. The lowest BCUT2D eigenvalue weighted by molar-refractivity contribution is 0.0138. The first kappa shape index (κ1) is 22.0. The zero-order valence-corrected chi connectivity index (χ0v) is 18.6. The Morgan fingerprint density at radius 1 is 1.13 bits per heavy atom. The highest BCUT2D eigenvalue weighted by Crippen LogP contribution is 2.22. The van der Waals surface area contributed by atoms with E-state index in [-0.39, 0.29) is 12.1 Å². The van der Waals surface area contributed by atoms with Gasteiger partial charge in [0.1, 0.15) is 5.60 Å². The zero-order chi connectivity index (χ0) is 21.7. The molecule has 2 aromatic rings. The number of thiazole rings is 1. The fourth-order valence-corrected chi connectivity index (χ4v) is 3.73. The molecule has 1 aliphatic rings. The fourth-order valence-electron chi connectivity index (χ4n) is 3.01. The third-order valence-corrected chi connectivity index (χ3v) is 5.33. The van der Waals surface area contributed by atoms with Crippen molar-refractivity contribution < 1.29 is 19.1 Å². The first-order valence-electron chi connectivity index (χ1n) is 9.83. The Morgan fingerprint density at radius 3 is 2.40 bits per heavy atom. The molecule has 3 rings (SSSR count). The van der Waals surface area contributed by atoms with Gasteiger partial charge >= 0.3 is 12.1 Å². The molecule has 8 nitrogen and oxygen atoms in total. The molecular formula is C21H28N4O4S. The van der Waals surface area contributed by atoms with Crippen LogP contribution in [0.1, 0.15) is 36.8 Å². The largest absolute Gasteiger partial charge is 0.465 e. The summed E-state index contributed by atoms with van der Waals surface area (Å²) in [6.07, 6.45) is -0.250. The highest BCUT2D eigenvalue weighted by atomic mass is 32.1. The number of nitrogens with zero attached hydrogens (tertiary/aromatic N) is 3. The van der Waals surface area contributed by atoms with Gasteiger partial charge in [0.2, 0.25) is 0 Å². The number of aromatic nitrogens is 1. The predicted molar refractivity (Wildman–Crippen MR) is 116 cm³/mol. The zero-order valence-electron chi connectivity index (χ0n) is 17.8. The van der Waals surface area contributed by atoms with Crippen LogP contribution in [0.2, 0.25) is 0 Å². The van der Waals surface area contributed by atoms with Crippen molar-refractivity contribution >= 4 is 34.2 Å². The molecule has 1 aliphatic heterocycles.